The molecule has 0 unspecified atom stereocenters. The summed E-state index contributed by atoms with van der Waals surface area (Å²) < 4.78 is 1.43. The standard InChI is InChI=1S/C19H23N2O3.ClH/c1-12(15-2-4-18(5-3-15)21(23)24)11-20(22)19-16-7-13-6-14(9-16)10-17(19)8-13;/h2-5,13-14,16-17,22H,1,6-11H2;1H/q+1;/p-1. The lowest BCUT2D eigenvalue weighted by Crippen LogP contribution is -3.00. The van der Waals surface area contributed by atoms with Gasteiger partial charge >= 0.3 is 0 Å². The molecule has 5 rings (SSSR count). The van der Waals surface area contributed by atoms with E-state index in [2.05, 4.69) is 6.58 Å². The van der Waals surface area contributed by atoms with Gasteiger partial charge < -0.3 is 12.4 Å². The van der Waals surface area contributed by atoms with Gasteiger partial charge in [-0.3, -0.25) is 15.3 Å². The van der Waals surface area contributed by atoms with Gasteiger partial charge in [0.1, 0.15) is 0 Å². The molecule has 0 aliphatic heterocycles. The third kappa shape index (κ3) is 3.30. The number of rotatable bonds is 4. The van der Waals surface area contributed by atoms with Crippen LogP contribution in [0.4, 0.5) is 5.69 Å². The summed E-state index contributed by atoms with van der Waals surface area (Å²) >= 11 is 0. The summed E-state index contributed by atoms with van der Waals surface area (Å²) in [6, 6.07) is 6.38. The van der Waals surface area contributed by atoms with E-state index in [4.69, 9.17) is 0 Å². The lowest BCUT2D eigenvalue weighted by molar-refractivity contribution is -0.770. The molecule has 4 saturated carbocycles. The molecule has 1 aromatic carbocycles. The molecule has 0 radical (unpaired) electrons. The minimum atomic E-state index is -0.407. The van der Waals surface area contributed by atoms with E-state index in [1.165, 1.54) is 54.7 Å². The molecule has 1 aromatic rings. The van der Waals surface area contributed by atoms with Gasteiger partial charge in [-0.15, -0.1) is 0 Å². The van der Waals surface area contributed by atoms with Crippen molar-refractivity contribution in [2.75, 3.05) is 6.54 Å². The molecule has 1 N–H and O–H groups in total. The number of non-ortho nitro benzene ring substituents is 1. The van der Waals surface area contributed by atoms with Crippen molar-refractivity contribution in [1.29, 1.82) is 0 Å². The third-order valence-electron chi connectivity index (χ3n) is 6.10. The third-order valence-corrected chi connectivity index (χ3v) is 6.10. The first-order valence-electron chi connectivity index (χ1n) is 8.77. The maximum Gasteiger partial charge on any atom is 0.269 e. The normalized spacial score (nSPS) is 29.2. The molecule has 0 spiro atoms. The van der Waals surface area contributed by atoms with Crippen LogP contribution in [-0.4, -0.2) is 27.1 Å². The van der Waals surface area contributed by atoms with Gasteiger partial charge in [-0.2, -0.15) is 0 Å². The van der Waals surface area contributed by atoms with E-state index in [0.717, 1.165) is 23.0 Å². The summed E-state index contributed by atoms with van der Waals surface area (Å²) in [6.07, 6.45) is 6.29. The fourth-order valence-corrected chi connectivity index (χ4v) is 5.27. The first kappa shape index (κ1) is 17.9. The molecule has 5 nitrogen and oxygen atoms in total. The number of benzene rings is 1. The number of halogens is 1. The van der Waals surface area contributed by atoms with E-state index < -0.39 is 4.92 Å². The summed E-state index contributed by atoms with van der Waals surface area (Å²) in [5, 5.41) is 21.4. The number of nitrogens with zero attached hydrogens (tertiary/aromatic N) is 2. The Morgan fingerprint density at radius 3 is 2.08 bits per heavy atom. The van der Waals surface area contributed by atoms with E-state index in [1.54, 1.807) is 12.1 Å². The minimum Gasteiger partial charge on any atom is -1.00 e. The molecule has 4 bridgehead atoms. The monoisotopic (exact) mass is 362 g/mol. The SMILES string of the molecule is C=C(C[N+](O)=C1C2CC3CC(C2)CC1C3)c1ccc([N+](=O)[O-])cc1.[Cl-]. The second-order valence-electron chi connectivity index (χ2n) is 7.69. The van der Waals surface area contributed by atoms with Gasteiger partial charge in [-0.25, -0.2) is 0 Å². The highest BCUT2D eigenvalue weighted by Crippen LogP contribution is 2.52. The van der Waals surface area contributed by atoms with Crippen molar-refractivity contribution in [3.8, 4) is 0 Å². The first-order chi connectivity index (χ1) is 11.5. The van der Waals surface area contributed by atoms with Crippen LogP contribution in [0.25, 0.3) is 5.57 Å². The summed E-state index contributed by atoms with van der Waals surface area (Å²) in [5.41, 5.74) is 2.91. The quantitative estimate of drug-likeness (QED) is 0.375. The zero-order valence-corrected chi connectivity index (χ0v) is 14.9. The summed E-state index contributed by atoms with van der Waals surface area (Å²) in [4.78, 5) is 10.3. The average Bonchev–Trinajstić information content (AvgIpc) is 2.53. The highest BCUT2D eigenvalue weighted by molar-refractivity contribution is 5.86. The minimum absolute atomic E-state index is 0. The van der Waals surface area contributed by atoms with Gasteiger partial charge in [0.2, 0.25) is 12.3 Å². The highest BCUT2D eigenvalue weighted by atomic mass is 35.5. The molecule has 0 aromatic heterocycles. The summed E-state index contributed by atoms with van der Waals surface area (Å²) in [7, 11) is 0. The summed E-state index contributed by atoms with van der Waals surface area (Å²) in [6.45, 7) is 4.44. The first-order valence-corrected chi connectivity index (χ1v) is 8.77. The number of nitro groups is 1. The average molecular weight is 363 g/mol. The molecule has 0 atom stereocenters. The molecular formula is C19H23ClN2O3. The Labute approximate surface area is 153 Å². The lowest BCUT2D eigenvalue weighted by atomic mass is 9.55. The molecule has 25 heavy (non-hydrogen) atoms. The molecule has 6 heteroatoms. The largest absolute Gasteiger partial charge is 1.00 e. The Bertz CT molecular complexity index is 697. The topological polar surface area (TPSA) is 66.4 Å². The number of nitro benzene ring substituents is 1. The van der Waals surface area contributed by atoms with Crippen molar-refractivity contribution in [1.82, 2.24) is 0 Å². The molecule has 134 valence electrons. The van der Waals surface area contributed by atoms with Gasteiger partial charge in [-0.1, -0.05) is 6.58 Å². The van der Waals surface area contributed by atoms with E-state index >= 15 is 0 Å². The lowest BCUT2D eigenvalue weighted by Gasteiger charge is -2.47. The van der Waals surface area contributed by atoms with Crippen LogP contribution in [0.15, 0.2) is 30.8 Å². The summed E-state index contributed by atoms with van der Waals surface area (Å²) in [5.74, 6) is 2.80. The van der Waals surface area contributed by atoms with E-state index in [0.29, 0.717) is 18.4 Å². The maximum absolute atomic E-state index is 10.7. The van der Waals surface area contributed by atoms with Crippen LogP contribution in [0.3, 0.4) is 0 Å². The molecule has 4 aliphatic rings. The van der Waals surface area contributed by atoms with Gasteiger partial charge in [0.15, 0.2) is 0 Å². The van der Waals surface area contributed by atoms with Gasteiger partial charge in [-0.05, 0) is 66.4 Å². The Hall–Kier alpha value is -1.88. The highest BCUT2D eigenvalue weighted by Gasteiger charge is 2.51. The van der Waals surface area contributed by atoms with Gasteiger partial charge in [0, 0.05) is 29.5 Å². The van der Waals surface area contributed by atoms with Crippen molar-refractivity contribution in [3.05, 3.63) is 46.5 Å². The van der Waals surface area contributed by atoms with Crippen LogP contribution in [0, 0.1) is 33.8 Å². The van der Waals surface area contributed by atoms with E-state index in [1.807, 2.05) is 0 Å². The van der Waals surface area contributed by atoms with Crippen molar-refractivity contribution in [2.24, 2.45) is 23.7 Å². The van der Waals surface area contributed by atoms with Gasteiger partial charge in [0.05, 0.1) is 4.92 Å². The molecule has 0 heterocycles. The van der Waals surface area contributed by atoms with Crippen molar-refractivity contribution in [2.45, 2.75) is 32.1 Å². The Kier molecular flexibility index (Phi) is 4.87. The predicted octanol–water partition coefficient (Wildman–Crippen LogP) is 0.911. The Balaban J connectivity index is 0.00000182. The van der Waals surface area contributed by atoms with Crippen LogP contribution in [0.2, 0.25) is 0 Å². The second kappa shape index (κ2) is 6.79. The van der Waals surface area contributed by atoms with Crippen LogP contribution in [0.5, 0.6) is 0 Å². The van der Waals surface area contributed by atoms with Crippen LogP contribution < -0.4 is 12.4 Å². The van der Waals surface area contributed by atoms with E-state index in [-0.39, 0.29) is 18.1 Å². The van der Waals surface area contributed by atoms with Crippen LogP contribution in [0.1, 0.15) is 37.7 Å². The zero-order valence-electron chi connectivity index (χ0n) is 14.1. The fraction of sp³-hybridized carbons (Fsp3) is 0.526. The predicted molar refractivity (Wildman–Crippen MR) is 91.1 cm³/mol. The molecule has 0 saturated heterocycles. The Morgan fingerprint density at radius 1 is 1.08 bits per heavy atom. The number of hydrogen-bond donors (Lipinski definition) is 1. The Morgan fingerprint density at radius 2 is 1.60 bits per heavy atom. The van der Waals surface area contributed by atoms with Crippen molar-refractivity contribution in [3.63, 3.8) is 0 Å². The van der Waals surface area contributed by atoms with Crippen molar-refractivity contribution < 1.29 is 27.3 Å². The number of hydrogen-bond acceptors (Lipinski definition) is 3. The van der Waals surface area contributed by atoms with Crippen LogP contribution >= 0.6 is 0 Å². The number of hydroxylamine groups is 1. The second-order valence-corrected chi connectivity index (χ2v) is 7.69. The molecular weight excluding hydrogens is 340 g/mol. The smallest absolute Gasteiger partial charge is 0.269 e. The molecule has 4 fully saturated rings. The van der Waals surface area contributed by atoms with Crippen LogP contribution in [-0.2, 0) is 0 Å². The van der Waals surface area contributed by atoms with Crippen molar-refractivity contribution >= 4 is 17.0 Å². The molecule has 0 amide bonds. The zero-order chi connectivity index (χ0) is 16.8. The van der Waals surface area contributed by atoms with Gasteiger partial charge in [0.25, 0.3) is 5.69 Å². The molecule has 4 aliphatic carbocycles. The fourth-order valence-electron chi connectivity index (χ4n) is 5.27. The van der Waals surface area contributed by atoms with E-state index in [9.17, 15) is 15.3 Å². The maximum atomic E-state index is 10.7.